The predicted molar refractivity (Wildman–Crippen MR) is 90.3 cm³/mol. The van der Waals surface area contributed by atoms with Crippen LogP contribution >= 0.6 is 7.60 Å². The highest BCUT2D eigenvalue weighted by atomic mass is 31.2. The van der Waals surface area contributed by atoms with Gasteiger partial charge < -0.3 is 19.7 Å². The quantitative estimate of drug-likeness (QED) is 0.423. The zero-order valence-electron chi connectivity index (χ0n) is 14.7. The first kappa shape index (κ1) is 21.6. The molecule has 0 aliphatic rings. The number of hydrogen-bond donors (Lipinski definition) is 2. The Morgan fingerprint density at radius 1 is 1.05 bits per heavy atom. The van der Waals surface area contributed by atoms with E-state index < -0.39 is 7.60 Å². The van der Waals surface area contributed by atoms with E-state index in [2.05, 4.69) is 10.6 Å². The highest BCUT2D eigenvalue weighted by molar-refractivity contribution is 7.53. The van der Waals surface area contributed by atoms with E-state index in [0.29, 0.717) is 38.9 Å². The second kappa shape index (κ2) is 11.2. The van der Waals surface area contributed by atoms with E-state index in [1.54, 1.807) is 13.8 Å². The molecule has 0 atom stereocenters. The molecule has 0 aliphatic carbocycles. The van der Waals surface area contributed by atoms with Gasteiger partial charge in [-0.3, -0.25) is 9.36 Å². The lowest BCUT2D eigenvalue weighted by Crippen LogP contribution is -2.30. The Kier molecular flexibility index (Phi) is 11.0. The van der Waals surface area contributed by atoms with Crippen LogP contribution in [-0.4, -0.2) is 44.9 Å². The van der Waals surface area contributed by atoms with E-state index in [4.69, 9.17) is 9.05 Å². The Morgan fingerprint density at radius 2 is 1.64 bits per heavy atom. The lowest BCUT2D eigenvalue weighted by Gasteiger charge is -2.18. The summed E-state index contributed by atoms with van der Waals surface area (Å²) in [5, 5.41) is 6.10. The third kappa shape index (κ3) is 12.2. The average molecular weight is 336 g/mol. The van der Waals surface area contributed by atoms with Crippen LogP contribution in [0.1, 0.15) is 47.5 Å². The van der Waals surface area contributed by atoms with Crippen LogP contribution < -0.4 is 10.6 Å². The molecule has 0 fully saturated rings. The maximum Gasteiger partial charge on any atom is 0.331 e. The van der Waals surface area contributed by atoms with Crippen LogP contribution in [0.25, 0.3) is 0 Å². The molecule has 0 heterocycles. The van der Waals surface area contributed by atoms with Crippen LogP contribution in [0, 0.1) is 5.41 Å². The van der Waals surface area contributed by atoms with Gasteiger partial charge in [0.25, 0.3) is 0 Å². The van der Waals surface area contributed by atoms with E-state index in [-0.39, 0.29) is 11.3 Å². The highest BCUT2D eigenvalue weighted by Crippen LogP contribution is 2.47. The summed E-state index contributed by atoms with van der Waals surface area (Å²) < 4.78 is 22.6. The van der Waals surface area contributed by atoms with Crippen molar-refractivity contribution in [2.24, 2.45) is 5.41 Å². The third-order valence-corrected chi connectivity index (χ3v) is 4.83. The molecule has 0 unspecified atom stereocenters. The maximum atomic E-state index is 12.2. The van der Waals surface area contributed by atoms with Gasteiger partial charge in [0.05, 0.1) is 19.4 Å². The third-order valence-electron chi connectivity index (χ3n) is 2.76. The molecule has 22 heavy (non-hydrogen) atoms. The van der Waals surface area contributed by atoms with E-state index in [1.807, 2.05) is 20.8 Å². The van der Waals surface area contributed by atoms with Crippen LogP contribution in [0.4, 0.5) is 0 Å². The maximum absolute atomic E-state index is 12.2. The van der Waals surface area contributed by atoms with Crippen LogP contribution in [0.15, 0.2) is 0 Å². The topological polar surface area (TPSA) is 76.7 Å². The lowest BCUT2D eigenvalue weighted by atomic mass is 9.92. The molecule has 0 saturated carbocycles. The molecule has 0 saturated heterocycles. The summed E-state index contributed by atoms with van der Waals surface area (Å²) in [7, 11) is -2.95. The minimum Gasteiger partial charge on any atom is -0.356 e. The SMILES string of the molecule is CCOP(=O)(CCNCCCNC(=O)CC(C)(C)C)OCC. The summed E-state index contributed by atoms with van der Waals surface area (Å²) in [6.45, 7) is 12.5. The zero-order valence-corrected chi connectivity index (χ0v) is 15.6. The summed E-state index contributed by atoms with van der Waals surface area (Å²) >= 11 is 0. The van der Waals surface area contributed by atoms with E-state index >= 15 is 0 Å². The Bertz CT molecular complexity index is 346. The van der Waals surface area contributed by atoms with E-state index in [9.17, 15) is 9.36 Å². The molecule has 7 heteroatoms. The number of amides is 1. The lowest BCUT2D eigenvalue weighted by molar-refractivity contribution is -0.122. The fourth-order valence-electron chi connectivity index (χ4n) is 1.89. The van der Waals surface area contributed by atoms with Gasteiger partial charge in [-0.05, 0) is 32.2 Å². The summed E-state index contributed by atoms with van der Waals surface area (Å²) in [6.07, 6.45) is 1.74. The number of rotatable bonds is 12. The monoisotopic (exact) mass is 336 g/mol. The molecule has 0 aromatic carbocycles. The Labute approximate surface area is 135 Å². The average Bonchev–Trinajstić information content (AvgIpc) is 2.36. The van der Waals surface area contributed by atoms with E-state index in [0.717, 1.165) is 13.0 Å². The molecule has 0 aliphatic heterocycles. The first-order valence-electron chi connectivity index (χ1n) is 8.08. The van der Waals surface area contributed by atoms with E-state index in [1.165, 1.54) is 0 Å². The number of nitrogens with one attached hydrogen (secondary N) is 2. The second-order valence-electron chi connectivity index (χ2n) is 6.36. The van der Waals surface area contributed by atoms with Gasteiger partial charge in [0.1, 0.15) is 0 Å². The molecular formula is C15H33N2O4P. The largest absolute Gasteiger partial charge is 0.356 e. The number of carbonyl (C=O) groups excluding carboxylic acids is 1. The van der Waals surface area contributed by atoms with Gasteiger partial charge in [0, 0.05) is 19.5 Å². The first-order chi connectivity index (χ1) is 10.2. The van der Waals surface area contributed by atoms with Crippen LogP contribution in [0.3, 0.4) is 0 Å². The van der Waals surface area contributed by atoms with Gasteiger partial charge in [-0.1, -0.05) is 20.8 Å². The van der Waals surface area contributed by atoms with Gasteiger partial charge >= 0.3 is 7.60 Å². The second-order valence-corrected chi connectivity index (χ2v) is 8.55. The normalized spacial score (nSPS) is 12.4. The molecule has 0 bridgehead atoms. The van der Waals surface area contributed by atoms with Crippen molar-refractivity contribution in [2.75, 3.05) is 39.0 Å². The molecule has 2 N–H and O–H groups in total. The molecule has 0 aromatic heterocycles. The Balaban J connectivity index is 3.69. The molecule has 0 aromatic rings. The Morgan fingerprint density at radius 3 is 2.14 bits per heavy atom. The highest BCUT2D eigenvalue weighted by Gasteiger charge is 2.22. The fourth-order valence-corrected chi connectivity index (χ4v) is 3.44. The summed E-state index contributed by atoms with van der Waals surface area (Å²) in [5.74, 6) is 0.0877. The fraction of sp³-hybridized carbons (Fsp3) is 0.933. The van der Waals surface area contributed by atoms with Crippen molar-refractivity contribution in [1.82, 2.24) is 10.6 Å². The molecule has 0 radical (unpaired) electrons. The summed E-state index contributed by atoms with van der Waals surface area (Å²) in [6, 6.07) is 0. The van der Waals surface area contributed by atoms with Gasteiger partial charge in [-0.25, -0.2) is 0 Å². The van der Waals surface area contributed by atoms with Crippen molar-refractivity contribution >= 4 is 13.5 Å². The van der Waals surface area contributed by atoms with Crippen molar-refractivity contribution in [2.45, 2.75) is 47.5 Å². The van der Waals surface area contributed by atoms with Crippen molar-refractivity contribution in [3.63, 3.8) is 0 Å². The van der Waals surface area contributed by atoms with Crippen LogP contribution in [0.2, 0.25) is 0 Å². The van der Waals surface area contributed by atoms with Crippen molar-refractivity contribution in [1.29, 1.82) is 0 Å². The van der Waals surface area contributed by atoms with Gasteiger partial charge in [0.15, 0.2) is 0 Å². The van der Waals surface area contributed by atoms with Crippen molar-refractivity contribution in [3.05, 3.63) is 0 Å². The van der Waals surface area contributed by atoms with Gasteiger partial charge in [-0.2, -0.15) is 0 Å². The number of carbonyl (C=O) groups is 1. The van der Waals surface area contributed by atoms with Crippen LogP contribution in [-0.2, 0) is 18.4 Å². The standard InChI is InChI=1S/C15H33N2O4P/c1-6-20-22(19,21-7-2)12-11-16-9-8-10-17-14(18)13-15(3,4)5/h16H,6-13H2,1-5H3,(H,17,18). The number of hydrogen-bond acceptors (Lipinski definition) is 5. The van der Waals surface area contributed by atoms with Crippen molar-refractivity contribution < 1.29 is 18.4 Å². The predicted octanol–water partition coefficient (Wildman–Crippen LogP) is 2.78. The molecule has 6 nitrogen and oxygen atoms in total. The summed E-state index contributed by atoms with van der Waals surface area (Å²) in [5.41, 5.74) is 0.0159. The molecular weight excluding hydrogens is 303 g/mol. The molecule has 0 rings (SSSR count). The minimum absolute atomic E-state index is 0.0159. The van der Waals surface area contributed by atoms with Crippen LogP contribution in [0.5, 0.6) is 0 Å². The molecule has 0 spiro atoms. The van der Waals surface area contributed by atoms with Gasteiger partial charge in [0.2, 0.25) is 5.91 Å². The zero-order chi connectivity index (χ0) is 17.1. The Hall–Kier alpha value is -0.420. The minimum atomic E-state index is -2.95. The van der Waals surface area contributed by atoms with Gasteiger partial charge in [-0.15, -0.1) is 0 Å². The molecule has 132 valence electrons. The molecule has 1 amide bonds. The summed E-state index contributed by atoms with van der Waals surface area (Å²) in [4.78, 5) is 11.6. The first-order valence-corrected chi connectivity index (χ1v) is 9.81. The van der Waals surface area contributed by atoms with Crippen molar-refractivity contribution in [3.8, 4) is 0 Å². The smallest absolute Gasteiger partial charge is 0.331 e.